The van der Waals surface area contributed by atoms with Gasteiger partial charge in [0.1, 0.15) is 6.07 Å². The normalized spacial score (nSPS) is 17.0. The van der Waals surface area contributed by atoms with E-state index in [4.69, 9.17) is 5.26 Å². The van der Waals surface area contributed by atoms with E-state index >= 15 is 0 Å². The topological polar surface area (TPSA) is 79.6 Å². The van der Waals surface area contributed by atoms with E-state index in [1.54, 1.807) is 0 Å². The van der Waals surface area contributed by atoms with Gasteiger partial charge in [-0.2, -0.15) is 36.0 Å². The van der Waals surface area contributed by atoms with Crippen LogP contribution in [-0.2, 0) is 13.6 Å². The fourth-order valence-corrected chi connectivity index (χ4v) is 3.50. The van der Waals surface area contributed by atoms with Crippen molar-refractivity contribution in [1.82, 2.24) is 0 Å². The van der Waals surface area contributed by atoms with Crippen LogP contribution in [-0.4, -0.2) is 40.7 Å². The van der Waals surface area contributed by atoms with Gasteiger partial charge in [0.2, 0.25) is 0 Å². The Kier molecular flexibility index (Phi) is 6.53. The van der Waals surface area contributed by atoms with Crippen LogP contribution in [0.3, 0.4) is 0 Å². The quantitative estimate of drug-likeness (QED) is 0.403. The van der Waals surface area contributed by atoms with Gasteiger partial charge in [-0.05, 0) is 27.7 Å². The number of aliphatic hydroxyl groups is 1. The van der Waals surface area contributed by atoms with Gasteiger partial charge in [0, 0.05) is 0 Å². The van der Waals surface area contributed by atoms with Gasteiger partial charge in [-0.25, -0.2) is 0 Å². The molecule has 0 radical (unpaired) electrons. The molecular weight excluding hydrogens is 374 g/mol. The number of hydrogen-bond acceptors (Lipinski definition) is 5. The van der Waals surface area contributed by atoms with E-state index in [2.05, 4.69) is 9.05 Å². The maximum absolute atomic E-state index is 13.9. The lowest BCUT2D eigenvalue weighted by Gasteiger charge is -2.39. The van der Waals surface area contributed by atoms with Gasteiger partial charge in [-0.1, -0.05) is 0 Å². The second-order valence-electron chi connectivity index (χ2n) is 5.24. The summed E-state index contributed by atoms with van der Waals surface area (Å²) in [6, 6.07) is 0.161. The second-order valence-corrected chi connectivity index (χ2v) is 7.30. The molecule has 0 heterocycles. The molecule has 0 saturated heterocycles. The predicted octanol–water partition coefficient (Wildman–Crippen LogP) is 4.07. The maximum atomic E-state index is 13.9. The Labute approximate surface area is 132 Å². The molecule has 1 unspecified atom stereocenters. The molecule has 0 aromatic rings. The fourth-order valence-electron chi connectivity index (χ4n) is 1.43. The molecule has 0 aromatic carbocycles. The largest absolute Gasteiger partial charge is 0.460 e. The summed E-state index contributed by atoms with van der Waals surface area (Å²) < 4.78 is 112. The second kappa shape index (κ2) is 6.78. The van der Waals surface area contributed by atoms with Crippen LogP contribution in [0.2, 0.25) is 0 Å². The van der Waals surface area contributed by atoms with Gasteiger partial charge in [0.15, 0.2) is 0 Å². The van der Waals surface area contributed by atoms with Crippen LogP contribution in [0.5, 0.6) is 0 Å². The van der Waals surface area contributed by atoms with E-state index in [9.17, 15) is 40.4 Å². The van der Waals surface area contributed by atoms with Crippen molar-refractivity contribution in [2.75, 3.05) is 0 Å². The third-order valence-electron chi connectivity index (χ3n) is 2.44. The summed E-state index contributed by atoms with van der Waals surface area (Å²) in [6.45, 7) is 4.20. The average Bonchev–Trinajstić information content (AvgIpc) is 2.33. The number of halogens is 7. The van der Waals surface area contributed by atoms with Crippen molar-refractivity contribution in [2.45, 2.75) is 63.3 Å². The van der Waals surface area contributed by atoms with Crippen molar-refractivity contribution >= 4 is 7.60 Å². The Morgan fingerprint density at radius 2 is 1.25 bits per heavy atom. The molecule has 1 N–H and O–H groups in total. The summed E-state index contributed by atoms with van der Waals surface area (Å²) in [5, 5.41) is 13.3. The highest BCUT2D eigenvalue weighted by Gasteiger charge is 2.85. The van der Waals surface area contributed by atoms with Crippen molar-refractivity contribution in [3.8, 4) is 6.07 Å². The number of nitrogens with zero attached hydrogens (tertiary/aromatic N) is 1. The van der Waals surface area contributed by atoms with E-state index in [1.807, 2.05) is 0 Å². The third-order valence-corrected chi connectivity index (χ3v) is 5.01. The number of alkyl halides is 7. The smallest absolute Gasteiger partial charge is 0.361 e. The molecule has 0 spiro atoms. The van der Waals surface area contributed by atoms with Gasteiger partial charge < -0.3 is 14.2 Å². The first-order valence-corrected chi connectivity index (χ1v) is 7.86. The minimum atomic E-state index is -6.89. The maximum Gasteiger partial charge on any atom is 0.460 e. The lowest BCUT2D eigenvalue weighted by molar-refractivity contribution is -0.372. The minimum absolute atomic E-state index is 0.161. The summed E-state index contributed by atoms with van der Waals surface area (Å²) in [7, 11) is -5.88. The molecule has 0 aromatic heterocycles. The van der Waals surface area contributed by atoms with Crippen LogP contribution in [0.4, 0.5) is 30.7 Å². The number of rotatable bonds is 7. The minimum Gasteiger partial charge on any atom is -0.361 e. The summed E-state index contributed by atoms with van der Waals surface area (Å²) in [6.07, 6.45) is -9.48. The van der Waals surface area contributed by atoms with E-state index in [1.165, 1.54) is 0 Å². The zero-order valence-corrected chi connectivity index (χ0v) is 13.8. The molecule has 0 aliphatic rings. The molecule has 0 rings (SSSR count). The molecule has 24 heavy (non-hydrogen) atoms. The monoisotopic (exact) mass is 389 g/mol. The first kappa shape index (κ1) is 23.1. The molecule has 0 saturated carbocycles. The van der Waals surface area contributed by atoms with Crippen LogP contribution in [0.15, 0.2) is 0 Å². The Bertz CT molecular complexity index is 529. The van der Waals surface area contributed by atoms with Crippen molar-refractivity contribution in [3.05, 3.63) is 0 Å². The first-order chi connectivity index (χ1) is 10.4. The molecule has 0 fully saturated rings. The van der Waals surface area contributed by atoms with Gasteiger partial charge in [0.25, 0.3) is 0 Å². The highest BCUT2D eigenvalue weighted by Crippen LogP contribution is 2.68. The molecule has 0 aliphatic heterocycles. The Morgan fingerprint density at radius 3 is 1.46 bits per heavy atom. The lowest BCUT2D eigenvalue weighted by Crippen LogP contribution is -2.63. The summed E-state index contributed by atoms with van der Waals surface area (Å²) >= 11 is 0. The summed E-state index contributed by atoms with van der Waals surface area (Å²) in [5.41, 5.74) is 0. The van der Waals surface area contributed by atoms with Gasteiger partial charge in [-0.3, -0.25) is 4.57 Å². The Hall–Kier alpha value is -0.890. The number of nitriles is 1. The van der Waals surface area contributed by atoms with Crippen molar-refractivity contribution in [1.29, 1.82) is 5.26 Å². The van der Waals surface area contributed by atoms with Crippen LogP contribution in [0.1, 0.15) is 27.7 Å². The predicted molar refractivity (Wildman–Crippen MR) is 66.6 cm³/mol. The molecule has 5 nitrogen and oxygen atoms in total. The number of hydrogen-bond donors (Lipinski definition) is 1. The molecule has 142 valence electrons. The standard InChI is InChI=1S/C11H15F7NO4P/c1-6(2)22-24(21,23-7(3)4)8(20,5-19)9(12,13)10(14,15)11(16,17)18/h6-7,20H,1-4H3. The fraction of sp³-hybridized carbons (Fsp3) is 0.909. The highest BCUT2D eigenvalue weighted by atomic mass is 31.2. The van der Waals surface area contributed by atoms with Gasteiger partial charge >= 0.3 is 31.0 Å². The van der Waals surface area contributed by atoms with Crippen LogP contribution in [0.25, 0.3) is 0 Å². The van der Waals surface area contributed by atoms with Crippen molar-refractivity contribution < 1.29 is 49.5 Å². The third kappa shape index (κ3) is 3.69. The van der Waals surface area contributed by atoms with Crippen LogP contribution >= 0.6 is 7.60 Å². The van der Waals surface area contributed by atoms with E-state index in [-0.39, 0.29) is 6.07 Å². The molecule has 0 amide bonds. The lowest BCUT2D eigenvalue weighted by atomic mass is 10.1. The zero-order valence-electron chi connectivity index (χ0n) is 12.9. The molecule has 0 bridgehead atoms. The van der Waals surface area contributed by atoms with Gasteiger partial charge in [-0.15, -0.1) is 0 Å². The highest BCUT2D eigenvalue weighted by molar-refractivity contribution is 7.55. The summed E-state index contributed by atoms with van der Waals surface area (Å²) in [4.78, 5) is 0. The van der Waals surface area contributed by atoms with Crippen molar-refractivity contribution in [3.63, 3.8) is 0 Å². The zero-order chi connectivity index (χ0) is 19.8. The molecule has 0 aliphatic carbocycles. The molecule has 13 heteroatoms. The van der Waals surface area contributed by atoms with Gasteiger partial charge in [0.05, 0.1) is 12.2 Å². The van der Waals surface area contributed by atoms with Crippen LogP contribution < -0.4 is 0 Å². The molecule has 1 atom stereocenters. The Morgan fingerprint density at radius 1 is 0.917 bits per heavy atom. The summed E-state index contributed by atoms with van der Waals surface area (Å²) in [5.74, 6) is -13.4. The average molecular weight is 389 g/mol. The van der Waals surface area contributed by atoms with Crippen LogP contribution in [0, 0.1) is 11.3 Å². The van der Waals surface area contributed by atoms with E-state index in [0.29, 0.717) is 0 Å². The van der Waals surface area contributed by atoms with E-state index in [0.717, 1.165) is 27.7 Å². The van der Waals surface area contributed by atoms with Crippen molar-refractivity contribution in [2.24, 2.45) is 0 Å². The first-order valence-electron chi connectivity index (χ1n) is 6.32. The van der Waals surface area contributed by atoms with E-state index < -0.39 is 43.2 Å². The SMILES string of the molecule is CC(C)OP(=O)(OC(C)C)C(O)(C#N)C(F)(F)C(F)(F)C(F)(F)F. The molecular formula is C11H15F7NO4P. The Balaban J connectivity index is 6.50.